The van der Waals surface area contributed by atoms with Crippen LogP contribution in [0, 0.1) is 25.7 Å². The Balaban J connectivity index is 0.000000298. The Kier molecular flexibility index (Phi) is 15.6. The SMILES string of the molecule is CC(C)CC(N)C(=O)O[C@H]1COC2C1OC[C@H]2OC(=O)C(O)CC(C)C.Cc1ccc(S(=O)(=O)O)cc1.Cc1ccc(S(N)(=O)=O)cc1. The molecule has 2 fully saturated rings. The molecule has 0 spiro atoms. The zero-order valence-corrected chi connectivity index (χ0v) is 29.6. The highest BCUT2D eigenvalue weighted by Crippen LogP contribution is 2.31. The molecule has 2 aliphatic heterocycles. The van der Waals surface area contributed by atoms with Crippen LogP contribution < -0.4 is 10.9 Å². The minimum atomic E-state index is -4.02. The molecular formula is C32H48N2O12S2. The Hall–Kier alpha value is -2.96. The van der Waals surface area contributed by atoms with Gasteiger partial charge < -0.3 is 29.8 Å². The van der Waals surface area contributed by atoms with Gasteiger partial charge in [0.05, 0.1) is 23.0 Å². The van der Waals surface area contributed by atoms with E-state index in [4.69, 9.17) is 34.4 Å². The first-order valence-electron chi connectivity index (χ1n) is 15.4. The van der Waals surface area contributed by atoms with Crippen LogP contribution in [-0.4, -0.2) is 88.2 Å². The second kappa shape index (κ2) is 18.2. The second-order valence-electron chi connectivity index (χ2n) is 12.6. The van der Waals surface area contributed by atoms with Gasteiger partial charge in [0.1, 0.15) is 18.2 Å². The second-order valence-corrected chi connectivity index (χ2v) is 15.6. The summed E-state index contributed by atoms with van der Waals surface area (Å²) in [5, 5.41) is 14.7. The van der Waals surface area contributed by atoms with Crippen molar-refractivity contribution in [1.82, 2.24) is 0 Å². The number of rotatable bonds is 10. The van der Waals surface area contributed by atoms with Gasteiger partial charge in [-0.25, -0.2) is 18.4 Å². The first-order chi connectivity index (χ1) is 22.2. The highest BCUT2D eigenvalue weighted by atomic mass is 32.2. The van der Waals surface area contributed by atoms with Crippen LogP contribution in [0.3, 0.4) is 0 Å². The van der Waals surface area contributed by atoms with Crippen molar-refractivity contribution in [2.75, 3.05) is 13.2 Å². The summed E-state index contributed by atoms with van der Waals surface area (Å²) in [4.78, 5) is 24.2. The van der Waals surface area contributed by atoms with Crippen molar-refractivity contribution in [1.29, 1.82) is 0 Å². The molecule has 2 aromatic rings. The first kappa shape index (κ1) is 41.2. The molecule has 0 aromatic heterocycles. The molecule has 0 saturated carbocycles. The maximum absolute atomic E-state index is 12.1. The Morgan fingerprint density at radius 3 is 1.54 bits per heavy atom. The summed E-state index contributed by atoms with van der Waals surface area (Å²) < 4.78 is 73.0. The number of carbonyl (C=O) groups is 2. The standard InChI is InChI=1S/C18H31NO7.C7H9NO2S.C7H8O3S/c1-9(2)5-11(19)17(21)25-13-7-23-16-14(8-24-15(13)16)26-18(22)12(20)6-10(3)4;2*1-6-2-4-7(5-3-6)11(8,9)10/h9-16,20H,5-8,19H2,1-4H3;2-5H,1H3,(H2,8,9,10);2-5H,1H3,(H,8,9,10)/t11?,12?,13-,14+,15?,16?;;/m0../s1. The average molecular weight is 717 g/mol. The average Bonchev–Trinajstić information content (AvgIpc) is 3.55. The number of aliphatic hydroxyl groups is 1. The van der Waals surface area contributed by atoms with Crippen molar-refractivity contribution in [3.8, 4) is 0 Å². The summed E-state index contributed by atoms with van der Waals surface area (Å²) >= 11 is 0. The van der Waals surface area contributed by atoms with Crippen molar-refractivity contribution in [2.45, 2.75) is 101 Å². The van der Waals surface area contributed by atoms with E-state index in [1.807, 2.05) is 41.5 Å². The molecule has 2 heterocycles. The van der Waals surface area contributed by atoms with Gasteiger partial charge in [0, 0.05) is 0 Å². The van der Waals surface area contributed by atoms with Gasteiger partial charge in [-0.1, -0.05) is 63.1 Å². The number of aliphatic hydroxyl groups excluding tert-OH is 1. The van der Waals surface area contributed by atoms with E-state index in [9.17, 15) is 31.5 Å². The number of esters is 2. The van der Waals surface area contributed by atoms with E-state index in [-0.39, 0.29) is 34.8 Å². The van der Waals surface area contributed by atoms with Crippen molar-refractivity contribution >= 4 is 32.1 Å². The summed E-state index contributed by atoms with van der Waals surface area (Å²) in [5.41, 5.74) is 7.81. The number of hydrogen-bond donors (Lipinski definition) is 4. The topological polar surface area (TPSA) is 232 Å². The van der Waals surface area contributed by atoms with Crippen LogP contribution >= 0.6 is 0 Å². The molecule has 2 aliphatic rings. The van der Waals surface area contributed by atoms with Gasteiger partial charge in [0.25, 0.3) is 10.1 Å². The van der Waals surface area contributed by atoms with Gasteiger partial charge in [-0.15, -0.1) is 0 Å². The summed E-state index contributed by atoms with van der Waals surface area (Å²) in [7, 11) is -7.54. The number of carbonyl (C=O) groups excluding carboxylic acids is 2. The van der Waals surface area contributed by atoms with Gasteiger partial charge in [-0.3, -0.25) is 9.35 Å². The van der Waals surface area contributed by atoms with Gasteiger partial charge in [-0.05, 0) is 62.8 Å². The van der Waals surface area contributed by atoms with Crippen LogP contribution in [0.1, 0.15) is 51.7 Å². The lowest BCUT2D eigenvalue weighted by Gasteiger charge is -2.20. The number of primary sulfonamides is 1. The largest absolute Gasteiger partial charge is 0.456 e. The predicted molar refractivity (Wildman–Crippen MR) is 176 cm³/mol. The predicted octanol–water partition coefficient (Wildman–Crippen LogP) is 2.27. The fourth-order valence-corrected chi connectivity index (χ4v) is 5.68. The summed E-state index contributed by atoms with van der Waals surface area (Å²) in [6.45, 7) is 11.8. The Morgan fingerprint density at radius 1 is 0.771 bits per heavy atom. The zero-order chi connectivity index (χ0) is 36.4. The van der Waals surface area contributed by atoms with Gasteiger partial charge in [0.2, 0.25) is 10.0 Å². The molecule has 0 amide bonds. The molecule has 0 aliphatic carbocycles. The fourth-order valence-electron chi connectivity index (χ4n) is 4.68. The number of nitrogens with two attached hydrogens (primary N) is 2. The summed E-state index contributed by atoms with van der Waals surface area (Å²) in [6, 6.07) is 11.7. The minimum Gasteiger partial charge on any atom is -0.456 e. The highest BCUT2D eigenvalue weighted by molar-refractivity contribution is 7.89. The van der Waals surface area contributed by atoms with E-state index in [0.717, 1.165) is 11.1 Å². The van der Waals surface area contributed by atoms with Crippen molar-refractivity contribution < 1.29 is 55.0 Å². The van der Waals surface area contributed by atoms with E-state index >= 15 is 0 Å². The lowest BCUT2D eigenvalue weighted by molar-refractivity contribution is -0.164. The first-order valence-corrected chi connectivity index (χ1v) is 18.4. The molecule has 0 radical (unpaired) electrons. The van der Waals surface area contributed by atoms with Crippen LogP contribution in [0.15, 0.2) is 58.3 Å². The normalized spacial score (nSPS) is 21.7. The number of hydrogen-bond acceptors (Lipinski definition) is 12. The van der Waals surface area contributed by atoms with Crippen LogP contribution in [0.5, 0.6) is 0 Å². The molecule has 2 aromatic carbocycles. The van der Waals surface area contributed by atoms with E-state index in [1.165, 1.54) is 24.3 Å². The molecule has 6 N–H and O–H groups in total. The Bertz CT molecular complexity index is 1430. The van der Waals surface area contributed by atoms with E-state index in [1.54, 1.807) is 24.3 Å². The van der Waals surface area contributed by atoms with Crippen LogP contribution in [0.4, 0.5) is 0 Å². The highest BCUT2D eigenvalue weighted by Gasteiger charge is 2.51. The van der Waals surface area contributed by atoms with E-state index in [2.05, 4.69) is 0 Å². The number of aryl methyl sites for hydroxylation is 2. The molecule has 48 heavy (non-hydrogen) atoms. The third-order valence-electron chi connectivity index (χ3n) is 7.16. The molecule has 6 atom stereocenters. The molecule has 16 heteroatoms. The zero-order valence-electron chi connectivity index (χ0n) is 28.0. The van der Waals surface area contributed by atoms with Crippen LogP contribution in [-0.2, 0) is 48.7 Å². The van der Waals surface area contributed by atoms with E-state index in [0.29, 0.717) is 12.8 Å². The summed E-state index contributed by atoms with van der Waals surface area (Å²) in [5.74, 6) is -0.707. The molecule has 14 nitrogen and oxygen atoms in total. The maximum Gasteiger partial charge on any atom is 0.335 e. The lowest BCUT2D eigenvalue weighted by atomic mass is 10.0. The molecule has 4 rings (SSSR count). The minimum absolute atomic E-state index is 0.0666. The fraction of sp³-hybridized carbons (Fsp3) is 0.562. The van der Waals surface area contributed by atoms with Crippen molar-refractivity contribution in [3.05, 3.63) is 59.7 Å². The smallest absolute Gasteiger partial charge is 0.335 e. The molecule has 270 valence electrons. The Morgan fingerprint density at radius 2 is 1.17 bits per heavy atom. The lowest BCUT2D eigenvalue weighted by Crippen LogP contribution is -2.41. The third-order valence-corrected chi connectivity index (χ3v) is 8.96. The van der Waals surface area contributed by atoms with Crippen LogP contribution in [0.25, 0.3) is 0 Å². The van der Waals surface area contributed by atoms with Crippen LogP contribution in [0.2, 0.25) is 0 Å². The Labute approximate surface area is 282 Å². The maximum atomic E-state index is 12.1. The molecule has 0 bridgehead atoms. The van der Waals surface area contributed by atoms with Gasteiger partial charge >= 0.3 is 11.9 Å². The van der Waals surface area contributed by atoms with Gasteiger partial charge in [-0.2, -0.15) is 8.42 Å². The number of sulfonamides is 1. The summed E-state index contributed by atoms with van der Waals surface area (Å²) in [6.07, 6.45) is -2.50. The quantitative estimate of drug-likeness (QED) is 0.204. The number of fused-ring (bicyclic) bond motifs is 1. The van der Waals surface area contributed by atoms with Gasteiger partial charge in [0.15, 0.2) is 18.3 Å². The third kappa shape index (κ3) is 13.5. The van der Waals surface area contributed by atoms with Crippen molar-refractivity contribution in [2.24, 2.45) is 22.7 Å². The number of ether oxygens (including phenoxy) is 4. The van der Waals surface area contributed by atoms with E-state index < -0.39 is 68.6 Å². The molecule has 2 saturated heterocycles. The molecular weight excluding hydrogens is 668 g/mol. The number of benzene rings is 2. The van der Waals surface area contributed by atoms with Crippen molar-refractivity contribution in [3.63, 3.8) is 0 Å². The monoisotopic (exact) mass is 716 g/mol. The molecule has 4 unspecified atom stereocenters.